The Kier molecular flexibility index (Phi) is 15.2. The molecule has 2 spiro atoms. The number of ether oxygens (including phenoxy) is 5. The monoisotopic (exact) mass is 919 g/mol. The normalized spacial score (nSPS) is 39.2. The van der Waals surface area contributed by atoms with Crippen LogP contribution in [0.1, 0.15) is 133 Å². The number of hydrogen-bond donors (Lipinski definition) is 5. The van der Waals surface area contributed by atoms with Crippen molar-refractivity contribution in [1.82, 2.24) is 5.32 Å². The lowest BCUT2D eigenvalue weighted by Crippen LogP contribution is -2.66. The number of anilines is 1. The van der Waals surface area contributed by atoms with Crippen LogP contribution >= 0.6 is 0 Å². The van der Waals surface area contributed by atoms with Gasteiger partial charge in [0.1, 0.15) is 11.8 Å². The third kappa shape index (κ3) is 9.61. The van der Waals surface area contributed by atoms with Crippen LogP contribution in [-0.2, 0) is 33.3 Å². The Bertz CT molecular complexity index is 2080. The van der Waals surface area contributed by atoms with Crippen molar-refractivity contribution in [2.45, 2.75) is 199 Å². The van der Waals surface area contributed by atoms with E-state index in [2.05, 4.69) is 31.4 Å². The number of Topliss-reactive ketones (excluding diaryl/α,β-unsaturated/α-hetero) is 1. The number of benzene rings is 2. The highest BCUT2D eigenvalue weighted by atomic mass is 16.8. The second-order valence-electron chi connectivity index (χ2n) is 21.1. The molecule has 13 heteroatoms. The minimum absolute atomic E-state index is 0.0368. The van der Waals surface area contributed by atoms with E-state index in [1.54, 1.807) is 6.92 Å². The number of carbonyl (C=O) groups is 3. The molecule has 0 aromatic heterocycles. The first kappa shape index (κ1) is 50.4. The van der Waals surface area contributed by atoms with E-state index in [9.17, 15) is 29.7 Å². The molecular weight excluding hydrogens is 841 g/mol. The molecule has 5 heterocycles. The molecule has 66 heavy (non-hydrogen) atoms. The first-order chi connectivity index (χ1) is 31.2. The van der Waals surface area contributed by atoms with Gasteiger partial charge in [-0.3, -0.25) is 9.59 Å². The smallest absolute Gasteiger partial charge is 0.319 e. The number of fused-ring (bicyclic) bond motifs is 1. The molecule has 5 aliphatic heterocycles. The van der Waals surface area contributed by atoms with Gasteiger partial charge in [0.25, 0.3) is 0 Å². The lowest BCUT2D eigenvalue weighted by molar-refractivity contribution is -0.397. The fourth-order valence-electron chi connectivity index (χ4n) is 12.3. The summed E-state index contributed by atoms with van der Waals surface area (Å²) in [4.78, 5) is 40.9. The Morgan fingerprint density at radius 2 is 1.56 bits per heavy atom. The molecule has 13 nitrogen and oxygen atoms in total. The molecule has 5 N–H and O–H groups in total. The van der Waals surface area contributed by atoms with Crippen LogP contribution in [0, 0.1) is 41.4 Å². The first-order valence-electron chi connectivity index (χ1n) is 25.0. The highest BCUT2D eigenvalue weighted by molar-refractivity contribution is 6.01. The van der Waals surface area contributed by atoms with Gasteiger partial charge in [0.05, 0.1) is 59.4 Å². The molecule has 0 bridgehead atoms. The van der Waals surface area contributed by atoms with Crippen LogP contribution in [0.4, 0.5) is 10.5 Å². The lowest BCUT2D eigenvalue weighted by atomic mass is 9.72. The van der Waals surface area contributed by atoms with Gasteiger partial charge in [-0.1, -0.05) is 97.9 Å². The van der Waals surface area contributed by atoms with E-state index in [4.69, 9.17) is 23.7 Å². The van der Waals surface area contributed by atoms with Gasteiger partial charge in [-0.2, -0.15) is 0 Å². The average molecular weight is 919 g/mol. The van der Waals surface area contributed by atoms with Gasteiger partial charge in [-0.05, 0) is 101 Å². The summed E-state index contributed by atoms with van der Waals surface area (Å²) in [6.07, 6.45) is 6.32. The average Bonchev–Trinajstić information content (AvgIpc) is 3.64. The summed E-state index contributed by atoms with van der Waals surface area (Å²) in [5.41, 5.74) is -1.09. The number of nitrogens with one attached hydrogen (secondary N) is 2. The second-order valence-corrected chi connectivity index (χ2v) is 21.1. The van der Waals surface area contributed by atoms with Gasteiger partial charge < -0.3 is 49.6 Å². The van der Waals surface area contributed by atoms with Crippen molar-refractivity contribution in [2.24, 2.45) is 41.4 Å². The molecule has 2 aromatic carbocycles. The zero-order valence-corrected chi connectivity index (χ0v) is 41.0. The summed E-state index contributed by atoms with van der Waals surface area (Å²) in [6.45, 7) is 19.7. The van der Waals surface area contributed by atoms with Crippen molar-refractivity contribution in [3.8, 4) is 0 Å². The van der Waals surface area contributed by atoms with Gasteiger partial charge in [-0.25, -0.2) is 4.79 Å². The van der Waals surface area contributed by atoms with Crippen molar-refractivity contribution in [2.75, 3.05) is 5.32 Å². The summed E-state index contributed by atoms with van der Waals surface area (Å²) in [6, 6.07) is 12.5. The van der Waals surface area contributed by atoms with Crippen molar-refractivity contribution in [1.29, 1.82) is 0 Å². The molecule has 0 aliphatic carbocycles. The molecule has 4 saturated heterocycles. The highest BCUT2D eigenvalue weighted by Gasteiger charge is 2.63. The van der Waals surface area contributed by atoms with Crippen LogP contribution in [0.3, 0.4) is 0 Å². The minimum atomic E-state index is -1.39. The highest BCUT2D eigenvalue weighted by Crippen LogP contribution is 2.54. The van der Waals surface area contributed by atoms with Crippen LogP contribution in [0.5, 0.6) is 0 Å². The summed E-state index contributed by atoms with van der Waals surface area (Å²) in [5.74, 6) is -6.19. The topological polar surface area (TPSA) is 182 Å². The maximum Gasteiger partial charge on any atom is 0.319 e. The molecule has 0 radical (unpaired) electrons. The number of ketones is 1. The fraction of sp³-hybridized carbons (Fsp3) is 0.717. The Hall–Kier alpha value is -3.43. The molecule has 4 fully saturated rings. The third-order valence-corrected chi connectivity index (χ3v) is 16.8. The summed E-state index contributed by atoms with van der Waals surface area (Å²) in [5, 5.41) is 41.3. The molecule has 2 aromatic rings. The predicted octanol–water partition coefficient (Wildman–Crippen LogP) is 9.17. The standard InChI is InChI=1S/C53H78N2O11/c1-11-37(48(58)59)41-22-21-30(4)46(63-41)34(8)44(56)33(7)45(57)38(12-2)47-31(5)29-32(6)52(64-47)26-23-42(55-49(60)54-40-20-16-18-36-17-14-15-19-39(36)40)53(66-52)28-27-50(10,65-53)43-24-25-51(61,13-3)35(9)62-43/h14-20,23,26,30-35,37-38,41-44,46-47,56,61H,11-13,21-22,24-25,27-29H2,1-10H3,(H,58,59)(H2,54,55,60)/t30-,31-,32+,33-,34-,35-,37+,38-,41+,42-,43+,44+,46+,47-,50-,51+,52-,53-/m0/s1. The number of carbonyl (C=O) groups excluding carboxylic acids is 2. The van der Waals surface area contributed by atoms with Crippen LogP contribution in [0.15, 0.2) is 54.6 Å². The number of carboxylic acids is 1. The quantitative estimate of drug-likeness (QED) is 0.114. The van der Waals surface area contributed by atoms with E-state index in [0.29, 0.717) is 63.5 Å². The van der Waals surface area contributed by atoms with Crippen LogP contribution in [-0.4, -0.2) is 98.5 Å². The largest absolute Gasteiger partial charge is 0.481 e. The molecule has 0 unspecified atom stereocenters. The molecule has 5 aliphatic rings. The van der Waals surface area contributed by atoms with Gasteiger partial charge in [0, 0.05) is 35.5 Å². The predicted molar refractivity (Wildman–Crippen MR) is 253 cm³/mol. The van der Waals surface area contributed by atoms with Gasteiger partial charge in [0.15, 0.2) is 11.6 Å². The van der Waals surface area contributed by atoms with Gasteiger partial charge >= 0.3 is 12.0 Å². The fourth-order valence-corrected chi connectivity index (χ4v) is 12.3. The maximum atomic E-state index is 14.8. The molecule has 2 amide bonds. The summed E-state index contributed by atoms with van der Waals surface area (Å²) in [7, 11) is 0. The number of rotatable bonds is 14. The van der Waals surface area contributed by atoms with Gasteiger partial charge in [0.2, 0.25) is 0 Å². The minimum Gasteiger partial charge on any atom is -0.481 e. The second kappa shape index (κ2) is 19.9. The van der Waals surface area contributed by atoms with Crippen LogP contribution in [0.25, 0.3) is 10.8 Å². The van der Waals surface area contributed by atoms with E-state index in [1.807, 2.05) is 96.2 Å². The van der Waals surface area contributed by atoms with Crippen molar-refractivity contribution in [3.05, 3.63) is 54.6 Å². The molecular formula is C53H78N2O11. The van der Waals surface area contributed by atoms with Crippen LogP contribution in [0.2, 0.25) is 0 Å². The Balaban J connectivity index is 1.14. The van der Waals surface area contributed by atoms with E-state index in [-0.39, 0.29) is 29.6 Å². The number of aliphatic hydroxyl groups is 2. The van der Waals surface area contributed by atoms with E-state index >= 15 is 0 Å². The Morgan fingerprint density at radius 1 is 0.848 bits per heavy atom. The Morgan fingerprint density at radius 3 is 2.24 bits per heavy atom. The number of aliphatic hydroxyl groups excluding tert-OH is 1. The van der Waals surface area contributed by atoms with Crippen molar-refractivity contribution in [3.63, 3.8) is 0 Å². The van der Waals surface area contributed by atoms with Gasteiger partial charge in [-0.15, -0.1) is 0 Å². The number of amides is 2. The van der Waals surface area contributed by atoms with Crippen molar-refractivity contribution < 1.29 is 53.4 Å². The number of carboxylic acid groups (broad SMARTS) is 1. The summed E-state index contributed by atoms with van der Waals surface area (Å²) >= 11 is 0. The van der Waals surface area contributed by atoms with E-state index in [0.717, 1.165) is 17.2 Å². The SMILES string of the molecule is CC[C@@H](C(=O)[C@@H](C)[C@@H](O)[C@H](C)[C@@H]1O[C@@H]([C@@H](CC)C(=O)O)CC[C@@H]1C)[C@H]1O[C@]2(C=C[C@H](NC(=O)Nc3cccc4ccccc34)[C@]3(CC[C@@](C)([C@H]4CC[C@](O)(CC)[C@H](C)O4)O3)O2)[C@H](C)C[C@@H]1C. The number of urea groups is 1. The summed E-state index contributed by atoms with van der Waals surface area (Å²) < 4.78 is 34.8. The van der Waals surface area contributed by atoms with Crippen LogP contribution < -0.4 is 10.6 Å². The third-order valence-electron chi connectivity index (χ3n) is 16.8. The first-order valence-corrected chi connectivity index (χ1v) is 25.0. The zero-order valence-electron chi connectivity index (χ0n) is 41.0. The molecule has 366 valence electrons. The van der Waals surface area contributed by atoms with Crippen molar-refractivity contribution >= 4 is 34.2 Å². The number of hydrogen-bond acceptors (Lipinski definition) is 10. The zero-order chi connectivity index (χ0) is 47.9. The maximum absolute atomic E-state index is 14.8. The Labute approximate surface area is 392 Å². The molecule has 0 saturated carbocycles. The number of aliphatic carboxylic acids is 1. The lowest BCUT2D eigenvalue weighted by Gasteiger charge is -2.55. The molecule has 18 atom stereocenters. The van der Waals surface area contributed by atoms with E-state index < -0.39 is 95.0 Å². The molecule has 7 rings (SSSR count). The van der Waals surface area contributed by atoms with E-state index in [1.165, 1.54) is 0 Å².